The average Bonchev–Trinajstić information content (AvgIpc) is 3.07. The fraction of sp³-hybridized carbons (Fsp3) is 0.222. The molecule has 7 heteroatoms. The number of ether oxygens (including phenoxy) is 3. The van der Waals surface area contributed by atoms with Crippen molar-refractivity contribution in [2.75, 3.05) is 6.79 Å². The van der Waals surface area contributed by atoms with Gasteiger partial charge in [0, 0.05) is 6.54 Å². The molecular formula is C18H16ClNO5. The van der Waals surface area contributed by atoms with Gasteiger partial charge in [0.05, 0.1) is 10.6 Å². The maximum Gasteiger partial charge on any atom is 0.340 e. The van der Waals surface area contributed by atoms with Crippen molar-refractivity contribution in [2.45, 2.75) is 19.6 Å². The van der Waals surface area contributed by atoms with Gasteiger partial charge < -0.3 is 19.5 Å². The number of rotatable bonds is 5. The Morgan fingerprint density at radius 2 is 1.96 bits per heavy atom. The summed E-state index contributed by atoms with van der Waals surface area (Å²) in [4.78, 5) is 24.2. The van der Waals surface area contributed by atoms with Crippen molar-refractivity contribution in [3.63, 3.8) is 0 Å². The van der Waals surface area contributed by atoms with Crippen LogP contribution in [0.4, 0.5) is 0 Å². The number of carbonyl (C=O) groups is 2. The summed E-state index contributed by atoms with van der Waals surface area (Å²) < 4.78 is 15.7. The molecule has 1 amide bonds. The van der Waals surface area contributed by atoms with E-state index in [1.807, 2.05) is 6.07 Å². The fourth-order valence-corrected chi connectivity index (χ4v) is 2.50. The molecule has 0 aromatic heterocycles. The lowest BCUT2D eigenvalue weighted by Gasteiger charge is -2.14. The minimum absolute atomic E-state index is 0.195. The standard InChI is InChI=1S/C18H16ClNO5/c1-11(25-18(22)13-4-2-3-5-14(13)19)17(21)20-9-12-6-7-15-16(8-12)24-10-23-15/h2-8,11H,9-10H2,1H3,(H,20,21). The van der Waals surface area contributed by atoms with Crippen LogP contribution in [0, 0.1) is 0 Å². The Hall–Kier alpha value is -2.73. The quantitative estimate of drug-likeness (QED) is 0.829. The number of amides is 1. The van der Waals surface area contributed by atoms with Gasteiger partial charge in [-0.25, -0.2) is 4.79 Å². The van der Waals surface area contributed by atoms with E-state index in [0.717, 1.165) is 5.56 Å². The molecule has 6 nitrogen and oxygen atoms in total. The molecule has 3 rings (SSSR count). The third kappa shape index (κ3) is 4.03. The highest BCUT2D eigenvalue weighted by molar-refractivity contribution is 6.33. The monoisotopic (exact) mass is 361 g/mol. The van der Waals surface area contributed by atoms with Crippen LogP contribution in [0.5, 0.6) is 11.5 Å². The predicted octanol–water partition coefficient (Wildman–Crippen LogP) is 2.93. The van der Waals surface area contributed by atoms with Crippen LogP contribution in [-0.4, -0.2) is 24.8 Å². The summed E-state index contributed by atoms with van der Waals surface area (Å²) >= 11 is 5.95. The molecular weight excluding hydrogens is 346 g/mol. The SMILES string of the molecule is CC(OC(=O)c1ccccc1Cl)C(=O)NCc1ccc2c(c1)OCO2. The Labute approximate surface area is 149 Å². The molecule has 1 unspecified atom stereocenters. The molecule has 2 aromatic carbocycles. The second kappa shape index (κ2) is 7.44. The van der Waals surface area contributed by atoms with E-state index in [4.69, 9.17) is 25.8 Å². The molecule has 1 aliphatic rings. The van der Waals surface area contributed by atoms with Gasteiger partial charge in [0.15, 0.2) is 17.6 Å². The van der Waals surface area contributed by atoms with Crippen LogP contribution < -0.4 is 14.8 Å². The number of nitrogens with one attached hydrogen (secondary N) is 1. The second-order valence-electron chi connectivity index (χ2n) is 5.43. The van der Waals surface area contributed by atoms with Crippen LogP contribution in [0.3, 0.4) is 0 Å². The molecule has 0 spiro atoms. The van der Waals surface area contributed by atoms with Crippen LogP contribution >= 0.6 is 11.6 Å². The summed E-state index contributed by atoms with van der Waals surface area (Å²) in [7, 11) is 0. The molecule has 2 aromatic rings. The molecule has 0 aliphatic carbocycles. The van der Waals surface area contributed by atoms with Gasteiger partial charge in [-0.15, -0.1) is 0 Å². The van der Waals surface area contributed by atoms with E-state index in [2.05, 4.69) is 5.32 Å². The van der Waals surface area contributed by atoms with E-state index in [-0.39, 0.29) is 23.9 Å². The molecule has 1 N–H and O–H groups in total. The summed E-state index contributed by atoms with van der Waals surface area (Å²) in [6.07, 6.45) is -0.946. The van der Waals surface area contributed by atoms with Crippen LogP contribution in [0.15, 0.2) is 42.5 Å². The first-order chi connectivity index (χ1) is 12.0. The zero-order valence-corrected chi connectivity index (χ0v) is 14.2. The zero-order valence-electron chi connectivity index (χ0n) is 13.5. The van der Waals surface area contributed by atoms with Crippen LogP contribution in [0.2, 0.25) is 5.02 Å². The van der Waals surface area contributed by atoms with Crippen molar-refractivity contribution in [1.29, 1.82) is 0 Å². The van der Waals surface area contributed by atoms with Gasteiger partial charge in [0.1, 0.15) is 0 Å². The summed E-state index contributed by atoms with van der Waals surface area (Å²) in [5.74, 6) is 0.274. The van der Waals surface area contributed by atoms with Crippen molar-refractivity contribution >= 4 is 23.5 Å². The number of hydrogen-bond acceptors (Lipinski definition) is 5. The highest BCUT2D eigenvalue weighted by Crippen LogP contribution is 2.32. The molecule has 1 aliphatic heterocycles. The van der Waals surface area contributed by atoms with E-state index in [1.165, 1.54) is 6.92 Å². The molecule has 0 radical (unpaired) electrons. The van der Waals surface area contributed by atoms with Gasteiger partial charge in [-0.2, -0.15) is 0 Å². The van der Waals surface area contributed by atoms with E-state index >= 15 is 0 Å². The Bertz CT molecular complexity index is 808. The van der Waals surface area contributed by atoms with E-state index in [0.29, 0.717) is 11.5 Å². The minimum Gasteiger partial charge on any atom is -0.454 e. The molecule has 1 heterocycles. The molecule has 25 heavy (non-hydrogen) atoms. The first kappa shape index (κ1) is 17.1. The van der Waals surface area contributed by atoms with E-state index in [1.54, 1.807) is 36.4 Å². The summed E-state index contributed by atoms with van der Waals surface area (Å²) in [6, 6.07) is 11.9. The van der Waals surface area contributed by atoms with Gasteiger partial charge in [0.2, 0.25) is 6.79 Å². The van der Waals surface area contributed by atoms with Crippen molar-refractivity contribution in [2.24, 2.45) is 0 Å². The molecule has 0 saturated carbocycles. The minimum atomic E-state index is -0.946. The Morgan fingerprint density at radius 1 is 1.20 bits per heavy atom. The molecule has 130 valence electrons. The Balaban J connectivity index is 1.54. The van der Waals surface area contributed by atoms with Gasteiger partial charge in [-0.3, -0.25) is 4.79 Å². The van der Waals surface area contributed by atoms with Crippen molar-refractivity contribution in [1.82, 2.24) is 5.32 Å². The highest BCUT2D eigenvalue weighted by atomic mass is 35.5. The maximum atomic E-state index is 12.1. The molecule has 0 bridgehead atoms. The van der Waals surface area contributed by atoms with Gasteiger partial charge in [0.25, 0.3) is 5.91 Å². The maximum absolute atomic E-state index is 12.1. The van der Waals surface area contributed by atoms with Crippen LogP contribution in [-0.2, 0) is 16.1 Å². The average molecular weight is 362 g/mol. The number of carbonyl (C=O) groups excluding carboxylic acids is 2. The van der Waals surface area contributed by atoms with Crippen LogP contribution in [0.1, 0.15) is 22.8 Å². The topological polar surface area (TPSA) is 73.9 Å². The molecule has 1 atom stereocenters. The summed E-state index contributed by atoms with van der Waals surface area (Å²) in [5, 5.41) is 2.99. The normalized spacial score (nSPS) is 13.2. The largest absolute Gasteiger partial charge is 0.454 e. The molecule has 0 fully saturated rings. The van der Waals surface area contributed by atoms with Crippen molar-refractivity contribution < 1.29 is 23.8 Å². The first-order valence-corrected chi connectivity index (χ1v) is 8.04. The van der Waals surface area contributed by atoms with Crippen molar-refractivity contribution in [3.8, 4) is 11.5 Å². The lowest BCUT2D eigenvalue weighted by Crippen LogP contribution is -2.35. The number of halogens is 1. The number of benzene rings is 2. The third-order valence-electron chi connectivity index (χ3n) is 3.65. The van der Waals surface area contributed by atoms with Gasteiger partial charge in [-0.1, -0.05) is 29.8 Å². The Kier molecular flexibility index (Phi) is 5.09. The van der Waals surface area contributed by atoms with Crippen LogP contribution in [0.25, 0.3) is 0 Å². The highest BCUT2D eigenvalue weighted by Gasteiger charge is 2.20. The number of fused-ring (bicyclic) bond motifs is 1. The number of hydrogen-bond donors (Lipinski definition) is 1. The lowest BCUT2D eigenvalue weighted by atomic mass is 10.2. The fourth-order valence-electron chi connectivity index (χ4n) is 2.29. The smallest absolute Gasteiger partial charge is 0.340 e. The zero-order chi connectivity index (χ0) is 17.8. The summed E-state index contributed by atoms with van der Waals surface area (Å²) in [6.45, 7) is 1.98. The second-order valence-corrected chi connectivity index (χ2v) is 5.84. The summed E-state index contributed by atoms with van der Waals surface area (Å²) in [5.41, 5.74) is 1.07. The van der Waals surface area contributed by atoms with Gasteiger partial charge >= 0.3 is 5.97 Å². The van der Waals surface area contributed by atoms with E-state index < -0.39 is 18.0 Å². The molecule has 0 saturated heterocycles. The Morgan fingerprint density at radius 3 is 2.76 bits per heavy atom. The van der Waals surface area contributed by atoms with Crippen molar-refractivity contribution in [3.05, 3.63) is 58.6 Å². The predicted molar refractivity (Wildman–Crippen MR) is 90.7 cm³/mol. The lowest BCUT2D eigenvalue weighted by molar-refractivity contribution is -0.129. The van der Waals surface area contributed by atoms with Gasteiger partial charge in [-0.05, 0) is 36.8 Å². The third-order valence-corrected chi connectivity index (χ3v) is 3.98. The van der Waals surface area contributed by atoms with E-state index in [9.17, 15) is 9.59 Å². The number of esters is 1. The first-order valence-electron chi connectivity index (χ1n) is 7.66.